The van der Waals surface area contributed by atoms with Gasteiger partial charge < -0.3 is 14.6 Å². The number of hydrogen-bond acceptors (Lipinski definition) is 4. The van der Waals surface area contributed by atoms with Gasteiger partial charge in [0, 0.05) is 6.61 Å². The first-order valence-corrected chi connectivity index (χ1v) is 4.03. The Bertz CT molecular complexity index is 201. The van der Waals surface area contributed by atoms with Crippen molar-refractivity contribution in [1.29, 1.82) is 0 Å². The van der Waals surface area contributed by atoms with E-state index < -0.39 is 17.5 Å². The molecule has 0 radical (unpaired) electrons. The average molecular weight is 190 g/mol. The van der Waals surface area contributed by atoms with Crippen LogP contribution < -0.4 is 0 Å². The summed E-state index contributed by atoms with van der Waals surface area (Å²) in [6.45, 7) is 4.67. The summed E-state index contributed by atoms with van der Waals surface area (Å²) in [5.74, 6) is -2.21. The molecule has 0 saturated carbocycles. The molecule has 0 fully saturated rings. The first kappa shape index (κ1) is 11.9. The Kier molecular flexibility index (Phi) is 4.40. The minimum Gasteiger partial charge on any atom is -0.479 e. The Hall–Kier alpha value is -1.10. The van der Waals surface area contributed by atoms with Crippen molar-refractivity contribution >= 4 is 11.9 Å². The van der Waals surface area contributed by atoms with Crippen molar-refractivity contribution in [1.82, 2.24) is 0 Å². The number of carboxylic acid groups (broad SMARTS) is 1. The molecule has 0 aromatic heterocycles. The summed E-state index contributed by atoms with van der Waals surface area (Å²) in [6, 6.07) is 0. The van der Waals surface area contributed by atoms with Gasteiger partial charge in [0.25, 0.3) is 5.60 Å². The maximum Gasteiger partial charge on any atom is 0.349 e. The van der Waals surface area contributed by atoms with Gasteiger partial charge in [-0.25, -0.2) is 9.59 Å². The fourth-order valence-corrected chi connectivity index (χ4v) is 0.765. The van der Waals surface area contributed by atoms with Crippen molar-refractivity contribution in [2.24, 2.45) is 0 Å². The zero-order chi connectivity index (χ0) is 10.5. The lowest BCUT2D eigenvalue weighted by molar-refractivity contribution is -0.184. The molecule has 5 nitrogen and oxygen atoms in total. The van der Waals surface area contributed by atoms with Crippen molar-refractivity contribution in [3.05, 3.63) is 0 Å². The van der Waals surface area contributed by atoms with Crippen molar-refractivity contribution in [3.8, 4) is 0 Å². The minimum atomic E-state index is -1.88. The highest BCUT2D eigenvalue weighted by Gasteiger charge is 2.44. The summed E-state index contributed by atoms with van der Waals surface area (Å²) in [5, 5.41) is 8.73. The van der Waals surface area contributed by atoms with Crippen LogP contribution in [0.3, 0.4) is 0 Å². The van der Waals surface area contributed by atoms with Crippen LogP contribution in [0.1, 0.15) is 20.8 Å². The molecule has 0 rings (SSSR count). The number of hydrogen-bond donors (Lipinski definition) is 1. The molecule has 1 N–H and O–H groups in total. The molecule has 0 aliphatic rings. The van der Waals surface area contributed by atoms with Crippen LogP contribution in [0.15, 0.2) is 0 Å². The second kappa shape index (κ2) is 4.81. The fraction of sp³-hybridized carbons (Fsp3) is 0.750. The van der Waals surface area contributed by atoms with E-state index in [1.54, 1.807) is 13.8 Å². The van der Waals surface area contributed by atoms with E-state index in [4.69, 9.17) is 9.84 Å². The number of aliphatic carboxylic acids is 1. The highest BCUT2D eigenvalue weighted by atomic mass is 16.6. The van der Waals surface area contributed by atoms with Crippen LogP contribution in [0.25, 0.3) is 0 Å². The summed E-state index contributed by atoms with van der Waals surface area (Å²) >= 11 is 0. The average Bonchev–Trinajstić information content (AvgIpc) is 2.04. The number of rotatable bonds is 5. The Morgan fingerprint density at radius 1 is 1.31 bits per heavy atom. The van der Waals surface area contributed by atoms with Gasteiger partial charge in [0.05, 0.1) is 6.61 Å². The predicted octanol–water partition coefficient (Wildman–Crippen LogP) is 0.429. The second-order valence-electron chi connectivity index (χ2n) is 2.49. The molecule has 13 heavy (non-hydrogen) atoms. The van der Waals surface area contributed by atoms with E-state index in [1.807, 2.05) is 0 Å². The quantitative estimate of drug-likeness (QED) is 0.502. The molecule has 0 aliphatic heterocycles. The van der Waals surface area contributed by atoms with Gasteiger partial charge in [-0.05, 0) is 20.8 Å². The van der Waals surface area contributed by atoms with Gasteiger partial charge in [-0.1, -0.05) is 0 Å². The van der Waals surface area contributed by atoms with Crippen LogP contribution in [0, 0.1) is 0 Å². The van der Waals surface area contributed by atoms with Gasteiger partial charge in [-0.3, -0.25) is 0 Å². The first-order valence-electron chi connectivity index (χ1n) is 4.03. The number of carboxylic acids is 1. The van der Waals surface area contributed by atoms with Gasteiger partial charge in [0.2, 0.25) is 0 Å². The number of carbonyl (C=O) groups excluding carboxylic acids is 1. The molecular formula is C8H14O5. The molecule has 0 amide bonds. The summed E-state index contributed by atoms with van der Waals surface area (Å²) in [7, 11) is 0. The van der Waals surface area contributed by atoms with Gasteiger partial charge in [0.15, 0.2) is 0 Å². The van der Waals surface area contributed by atoms with Crippen molar-refractivity contribution in [2.45, 2.75) is 26.4 Å². The summed E-state index contributed by atoms with van der Waals surface area (Å²) in [5.41, 5.74) is -1.88. The molecule has 0 aromatic rings. The maximum atomic E-state index is 11.2. The molecule has 0 spiro atoms. The maximum absolute atomic E-state index is 11.2. The Labute approximate surface area is 76.6 Å². The van der Waals surface area contributed by atoms with Crippen molar-refractivity contribution < 1.29 is 24.2 Å². The smallest absolute Gasteiger partial charge is 0.349 e. The standard InChI is InChI=1S/C8H14O5/c1-4-12-7(11)8(3,6(9)10)13-5-2/h4-5H2,1-3H3,(H,9,10). The lowest BCUT2D eigenvalue weighted by Gasteiger charge is -2.21. The van der Waals surface area contributed by atoms with E-state index in [0.717, 1.165) is 0 Å². The summed E-state index contributed by atoms with van der Waals surface area (Å²) < 4.78 is 9.41. The van der Waals surface area contributed by atoms with E-state index in [2.05, 4.69) is 4.74 Å². The highest BCUT2D eigenvalue weighted by Crippen LogP contribution is 2.12. The van der Waals surface area contributed by atoms with Gasteiger partial charge in [-0.2, -0.15) is 0 Å². The third-order valence-electron chi connectivity index (χ3n) is 1.51. The molecule has 5 heteroatoms. The van der Waals surface area contributed by atoms with Crippen LogP contribution in [-0.4, -0.2) is 35.9 Å². The molecule has 0 saturated heterocycles. The van der Waals surface area contributed by atoms with Crippen molar-refractivity contribution in [2.75, 3.05) is 13.2 Å². The molecule has 1 atom stereocenters. The molecule has 0 bridgehead atoms. The monoisotopic (exact) mass is 190 g/mol. The van der Waals surface area contributed by atoms with Crippen LogP contribution >= 0.6 is 0 Å². The Morgan fingerprint density at radius 2 is 1.85 bits per heavy atom. The largest absolute Gasteiger partial charge is 0.479 e. The van der Waals surface area contributed by atoms with Crippen LogP contribution in [-0.2, 0) is 19.1 Å². The van der Waals surface area contributed by atoms with Crippen LogP contribution in [0.5, 0.6) is 0 Å². The van der Waals surface area contributed by atoms with E-state index in [-0.39, 0.29) is 13.2 Å². The van der Waals surface area contributed by atoms with E-state index in [1.165, 1.54) is 6.92 Å². The predicted molar refractivity (Wildman–Crippen MR) is 44.3 cm³/mol. The zero-order valence-corrected chi connectivity index (χ0v) is 7.99. The SMILES string of the molecule is CCOC(=O)C(C)(OCC)C(=O)O. The second-order valence-corrected chi connectivity index (χ2v) is 2.49. The normalized spacial score (nSPS) is 14.7. The van der Waals surface area contributed by atoms with Crippen LogP contribution in [0.4, 0.5) is 0 Å². The van der Waals surface area contributed by atoms with Gasteiger partial charge in [-0.15, -0.1) is 0 Å². The van der Waals surface area contributed by atoms with Gasteiger partial charge >= 0.3 is 11.9 Å². The van der Waals surface area contributed by atoms with E-state index in [9.17, 15) is 9.59 Å². The van der Waals surface area contributed by atoms with Gasteiger partial charge in [0.1, 0.15) is 0 Å². The summed E-state index contributed by atoms with van der Waals surface area (Å²) in [6.07, 6.45) is 0. The molecule has 1 unspecified atom stereocenters. The Balaban J connectivity index is 4.57. The third-order valence-corrected chi connectivity index (χ3v) is 1.51. The van der Waals surface area contributed by atoms with Crippen molar-refractivity contribution in [3.63, 3.8) is 0 Å². The topological polar surface area (TPSA) is 72.8 Å². The minimum absolute atomic E-state index is 0.134. The molecule has 0 aromatic carbocycles. The molecule has 0 heterocycles. The molecular weight excluding hydrogens is 176 g/mol. The van der Waals surface area contributed by atoms with Crippen LogP contribution in [0.2, 0.25) is 0 Å². The zero-order valence-electron chi connectivity index (χ0n) is 7.99. The number of carbonyl (C=O) groups is 2. The lowest BCUT2D eigenvalue weighted by atomic mass is 10.1. The van der Waals surface area contributed by atoms with E-state index in [0.29, 0.717) is 0 Å². The molecule has 76 valence electrons. The van der Waals surface area contributed by atoms with E-state index >= 15 is 0 Å². The number of ether oxygens (including phenoxy) is 2. The fourth-order valence-electron chi connectivity index (χ4n) is 0.765. The Morgan fingerprint density at radius 3 is 2.15 bits per heavy atom. The lowest BCUT2D eigenvalue weighted by Crippen LogP contribution is -2.47. The first-order chi connectivity index (χ1) is 5.99. The summed E-state index contributed by atoms with van der Waals surface area (Å²) in [4.78, 5) is 21.9. The number of esters is 1. The highest BCUT2D eigenvalue weighted by molar-refractivity contribution is 6.02. The third kappa shape index (κ3) is 2.69. The molecule has 0 aliphatic carbocycles.